The van der Waals surface area contributed by atoms with Crippen LogP contribution in [-0.4, -0.2) is 120 Å². The van der Waals surface area contributed by atoms with Crippen LogP contribution >= 0.6 is 0 Å². The standard InChI is InChI=1S/C37H58N10O11/c1-36(2,3)57-33(53)27(17-11-13-19-46(35(55)58-37(4,5)6)34(54)56-24-25-14-8-7-9-15-25)47(32(52)26(39)16-10-12-18-38)31(51)23-43-29(49)21-41-28(48)20-42-30(50)22-44-45-40/h7-9,14-15,26-27H,10-13,16-24,38-39H2,1-6H3,(H,41,48)(H,42,50)(H,43,49)/t26-,27-/m0/s1. The lowest BCUT2D eigenvalue weighted by atomic mass is 10.0. The molecule has 0 radical (unpaired) electrons. The first-order valence-electron chi connectivity index (χ1n) is 18.8. The fourth-order valence-electron chi connectivity index (χ4n) is 4.86. The van der Waals surface area contributed by atoms with Crippen LogP contribution in [0.2, 0.25) is 0 Å². The molecule has 1 aromatic rings. The van der Waals surface area contributed by atoms with E-state index in [1.807, 2.05) is 0 Å². The van der Waals surface area contributed by atoms with Gasteiger partial charge in [0.1, 0.15) is 30.4 Å². The molecule has 0 aliphatic heterocycles. The maximum Gasteiger partial charge on any atom is 0.419 e. The van der Waals surface area contributed by atoms with E-state index >= 15 is 0 Å². The molecule has 0 saturated carbocycles. The van der Waals surface area contributed by atoms with Crippen LogP contribution in [0.1, 0.15) is 85.6 Å². The summed E-state index contributed by atoms with van der Waals surface area (Å²) in [5, 5.41) is 9.78. The molecular weight excluding hydrogens is 760 g/mol. The molecule has 0 unspecified atom stereocenters. The zero-order chi connectivity index (χ0) is 43.9. The van der Waals surface area contributed by atoms with Gasteiger partial charge in [-0.25, -0.2) is 19.3 Å². The first-order valence-corrected chi connectivity index (χ1v) is 18.8. The Morgan fingerprint density at radius 1 is 0.776 bits per heavy atom. The van der Waals surface area contributed by atoms with Gasteiger partial charge in [0.15, 0.2) is 0 Å². The molecule has 0 aliphatic carbocycles. The second-order valence-corrected chi connectivity index (χ2v) is 14.9. The predicted octanol–water partition coefficient (Wildman–Crippen LogP) is 1.91. The summed E-state index contributed by atoms with van der Waals surface area (Å²) in [4.78, 5) is 108. The van der Waals surface area contributed by atoms with E-state index in [2.05, 4.69) is 26.0 Å². The highest BCUT2D eigenvalue weighted by Crippen LogP contribution is 2.20. The molecule has 0 spiro atoms. The van der Waals surface area contributed by atoms with Crippen molar-refractivity contribution in [3.8, 4) is 0 Å². The lowest BCUT2D eigenvalue weighted by Gasteiger charge is -2.33. The van der Waals surface area contributed by atoms with Crippen molar-refractivity contribution in [1.82, 2.24) is 25.8 Å². The SMILES string of the molecule is CC(C)(C)OC(=O)[C@H](CCCCN(C(=O)OCc1ccccc1)C(=O)OC(C)(C)C)N(C(=O)CNC(=O)CNC(=O)CNC(=O)CN=[N+]=[N-])C(=O)[C@@H](N)CCCCN. The minimum Gasteiger partial charge on any atom is -0.458 e. The second-order valence-electron chi connectivity index (χ2n) is 14.9. The minimum absolute atomic E-state index is 0.0619. The molecule has 2 atom stereocenters. The Hall–Kier alpha value is -5.79. The molecule has 0 bridgehead atoms. The summed E-state index contributed by atoms with van der Waals surface area (Å²) in [5.41, 5.74) is 18.8. The molecule has 322 valence electrons. The minimum atomic E-state index is -1.55. The number of esters is 1. The van der Waals surface area contributed by atoms with Gasteiger partial charge >= 0.3 is 18.2 Å². The molecule has 7 amide bonds. The fourth-order valence-corrected chi connectivity index (χ4v) is 4.86. The highest BCUT2D eigenvalue weighted by Gasteiger charge is 2.39. The van der Waals surface area contributed by atoms with Crippen LogP contribution in [0.4, 0.5) is 9.59 Å². The molecule has 21 nitrogen and oxygen atoms in total. The lowest BCUT2D eigenvalue weighted by Crippen LogP contribution is -2.57. The number of hydrogen-bond acceptors (Lipinski definition) is 14. The Balaban J connectivity index is 3.25. The summed E-state index contributed by atoms with van der Waals surface area (Å²) in [5.74, 6) is -5.23. The van der Waals surface area contributed by atoms with Gasteiger partial charge in [0, 0.05) is 11.5 Å². The fraction of sp³-hybridized carbons (Fsp3) is 0.622. The number of amides is 7. The van der Waals surface area contributed by atoms with E-state index in [4.69, 9.17) is 31.2 Å². The molecule has 1 rings (SSSR count). The molecular formula is C37H58N10O11. The first-order chi connectivity index (χ1) is 27.2. The van der Waals surface area contributed by atoms with Crippen molar-refractivity contribution >= 4 is 47.7 Å². The number of carbonyl (C=O) groups excluding carboxylic acids is 8. The van der Waals surface area contributed by atoms with E-state index in [0.29, 0.717) is 29.8 Å². The van der Waals surface area contributed by atoms with E-state index in [1.165, 1.54) is 0 Å². The van der Waals surface area contributed by atoms with Gasteiger partial charge in [-0.2, -0.15) is 0 Å². The number of unbranched alkanes of at least 4 members (excludes halogenated alkanes) is 2. The molecule has 1 aromatic carbocycles. The van der Waals surface area contributed by atoms with Crippen LogP contribution in [0.15, 0.2) is 35.4 Å². The van der Waals surface area contributed by atoms with Crippen molar-refractivity contribution < 1.29 is 52.6 Å². The maximum absolute atomic E-state index is 13.9. The van der Waals surface area contributed by atoms with Crippen LogP contribution in [0.5, 0.6) is 0 Å². The van der Waals surface area contributed by atoms with E-state index in [1.54, 1.807) is 71.9 Å². The van der Waals surface area contributed by atoms with Crippen molar-refractivity contribution in [2.75, 3.05) is 39.3 Å². The van der Waals surface area contributed by atoms with Gasteiger partial charge in [-0.1, -0.05) is 41.9 Å². The van der Waals surface area contributed by atoms with Gasteiger partial charge in [0.25, 0.3) is 0 Å². The van der Waals surface area contributed by atoms with E-state index in [0.717, 1.165) is 4.90 Å². The number of rotatable bonds is 22. The van der Waals surface area contributed by atoms with Gasteiger partial charge < -0.3 is 41.6 Å². The maximum atomic E-state index is 13.9. The van der Waals surface area contributed by atoms with Crippen molar-refractivity contribution in [3.63, 3.8) is 0 Å². The largest absolute Gasteiger partial charge is 0.458 e. The number of nitrogens with one attached hydrogen (secondary N) is 3. The molecule has 0 aliphatic rings. The number of carbonyl (C=O) groups is 8. The quantitative estimate of drug-likeness (QED) is 0.0279. The van der Waals surface area contributed by atoms with Gasteiger partial charge in [0.2, 0.25) is 29.5 Å². The van der Waals surface area contributed by atoms with Gasteiger partial charge in [-0.3, -0.25) is 28.9 Å². The highest BCUT2D eigenvalue weighted by atomic mass is 16.6. The van der Waals surface area contributed by atoms with Gasteiger partial charge in [-0.05, 0) is 91.3 Å². The third kappa shape index (κ3) is 20.9. The Bertz CT molecular complexity index is 1610. The number of hydrogen-bond donors (Lipinski definition) is 5. The highest BCUT2D eigenvalue weighted by molar-refractivity contribution is 6.03. The Kier molecular flexibility index (Phi) is 22.0. The number of imide groups is 2. The number of benzene rings is 1. The average molecular weight is 819 g/mol. The topological polar surface area (TPSA) is 308 Å². The molecule has 21 heteroatoms. The molecule has 0 saturated heterocycles. The predicted molar refractivity (Wildman–Crippen MR) is 209 cm³/mol. The van der Waals surface area contributed by atoms with E-state index < -0.39 is 97.2 Å². The van der Waals surface area contributed by atoms with Crippen LogP contribution in [0.25, 0.3) is 10.4 Å². The average Bonchev–Trinajstić information content (AvgIpc) is 3.14. The van der Waals surface area contributed by atoms with Crippen LogP contribution in [0.3, 0.4) is 0 Å². The summed E-state index contributed by atoms with van der Waals surface area (Å²) in [6, 6.07) is 6.01. The van der Waals surface area contributed by atoms with E-state index in [-0.39, 0.29) is 38.8 Å². The zero-order valence-corrected chi connectivity index (χ0v) is 34.1. The monoisotopic (exact) mass is 818 g/mol. The molecule has 0 fully saturated rings. The second kappa shape index (κ2) is 25.5. The number of nitrogens with zero attached hydrogens (tertiary/aromatic N) is 5. The lowest BCUT2D eigenvalue weighted by molar-refractivity contribution is -0.169. The molecule has 0 aromatic heterocycles. The first kappa shape index (κ1) is 50.2. The van der Waals surface area contributed by atoms with Crippen molar-refractivity contribution in [2.24, 2.45) is 16.6 Å². The molecule has 58 heavy (non-hydrogen) atoms. The van der Waals surface area contributed by atoms with Crippen molar-refractivity contribution in [2.45, 2.75) is 110 Å². The summed E-state index contributed by atoms with van der Waals surface area (Å²) in [6.07, 6.45) is -0.914. The van der Waals surface area contributed by atoms with Crippen molar-refractivity contribution in [1.29, 1.82) is 0 Å². The van der Waals surface area contributed by atoms with Crippen molar-refractivity contribution in [3.05, 3.63) is 46.3 Å². The normalized spacial score (nSPS) is 12.1. The number of azide groups is 1. The van der Waals surface area contributed by atoms with E-state index in [9.17, 15) is 38.4 Å². The summed E-state index contributed by atoms with van der Waals surface area (Å²) in [6.45, 7) is 7.18. The summed E-state index contributed by atoms with van der Waals surface area (Å²) >= 11 is 0. The third-order valence-corrected chi connectivity index (χ3v) is 7.54. The Morgan fingerprint density at radius 2 is 1.34 bits per heavy atom. The Morgan fingerprint density at radius 3 is 1.91 bits per heavy atom. The smallest absolute Gasteiger partial charge is 0.419 e. The zero-order valence-electron chi connectivity index (χ0n) is 34.1. The summed E-state index contributed by atoms with van der Waals surface area (Å²) in [7, 11) is 0. The van der Waals surface area contributed by atoms with Gasteiger partial charge in [-0.15, -0.1) is 0 Å². The van der Waals surface area contributed by atoms with Crippen LogP contribution in [0, 0.1) is 0 Å². The molecule has 7 N–H and O–H groups in total. The van der Waals surface area contributed by atoms with Crippen LogP contribution < -0.4 is 27.4 Å². The summed E-state index contributed by atoms with van der Waals surface area (Å²) < 4.78 is 16.4. The third-order valence-electron chi connectivity index (χ3n) is 7.54. The number of ether oxygens (including phenoxy) is 3. The van der Waals surface area contributed by atoms with Crippen LogP contribution in [-0.2, 0) is 49.6 Å². The number of nitrogens with two attached hydrogens (primary N) is 2. The Labute approximate surface area is 337 Å². The van der Waals surface area contributed by atoms with Gasteiger partial charge in [0.05, 0.1) is 25.7 Å². The molecule has 0 heterocycles.